The number of carbonyl (C=O) groups excluding carboxylic acids is 3. The minimum Gasteiger partial charge on any atom is -0.462 e. The van der Waals surface area contributed by atoms with Gasteiger partial charge in [-0.3, -0.25) is 14.4 Å². The molecule has 344 valence electrons. The zero-order valence-corrected chi connectivity index (χ0v) is 39.1. The van der Waals surface area contributed by atoms with Crippen molar-refractivity contribution < 1.29 is 28.6 Å². The maximum atomic E-state index is 12.7. The molecule has 1 atom stereocenters. The fourth-order valence-electron chi connectivity index (χ4n) is 6.22. The lowest BCUT2D eigenvalue weighted by atomic mass is 10.1. The van der Waals surface area contributed by atoms with Crippen LogP contribution in [0, 0.1) is 0 Å². The van der Waals surface area contributed by atoms with Crippen molar-refractivity contribution in [2.45, 2.75) is 207 Å². The molecule has 0 aromatic heterocycles. The third-order valence-corrected chi connectivity index (χ3v) is 9.86. The van der Waals surface area contributed by atoms with Crippen LogP contribution in [0.1, 0.15) is 201 Å². The van der Waals surface area contributed by atoms with E-state index in [9.17, 15) is 14.4 Å². The summed E-state index contributed by atoms with van der Waals surface area (Å²) in [5, 5.41) is 0. The van der Waals surface area contributed by atoms with E-state index in [4.69, 9.17) is 14.2 Å². The standard InChI is InChI=1S/C55H88O6/c1-4-7-10-13-16-19-22-25-26-27-28-29-31-33-36-39-42-45-48-54(57)60-51-52(50-59-53(56)47-44-41-38-35-32-24-21-18-15-12-9-6-3)61-55(58)49-46-43-40-37-34-30-23-20-17-14-11-8-5-2/h8-9,11-12,14,17-18,20-23,25-29,32,35,52H,4-7,10,13,15-16,19,24,30-31,33-34,36-51H2,1-3H3/b11-8-,12-9-,17-14-,21-18-,23-20-,25-22-,27-26-,29-28-,35-32-. The average molecular weight is 845 g/mol. The number of esters is 3. The van der Waals surface area contributed by atoms with Gasteiger partial charge in [-0.25, -0.2) is 0 Å². The van der Waals surface area contributed by atoms with E-state index in [-0.39, 0.29) is 37.5 Å². The van der Waals surface area contributed by atoms with E-state index in [2.05, 4.69) is 124 Å². The van der Waals surface area contributed by atoms with E-state index in [1.54, 1.807) is 0 Å². The van der Waals surface area contributed by atoms with Crippen LogP contribution in [-0.2, 0) is 28.6 Å². The van der Waals surface area contributed by atoms with Crippen LogP contribution < -0.4 is 0 Å². The number of carbonyl (C=O) groups is 3. The Balaban J connectivity index is 4.50. The van der Waals surface area contributed by atoms with Gasteiger partial charge in [0.2, 0.25) is 0 Å². The molecule has 6 nitrogen and oxygen atoms in total. The minimum absolute atomic E-state index is 0.112. The van der Waals surface area contributed by atoms with Crippen LogP contribution in [0.25, 0.3) is 0 Å². The molecule has 0 rings (SSSR count). The Labute approximate surface area is 374 Å². The Hall–Kier alpha value is -3.93. The smallest absolute Gasteiger partial charge is 0.306 e. The number of hydrogen-bond acceptors (Lipinski definition) is 6. The lowest BCUT2D eigenvalue weighted by molar-refractivity contribution is -0.167. The van der Waals surface area contributed by atoms with Crippen LogP contribution in [0.5, 0.6) is 0 Å². The predicted octanol–water partition coefficient (Wildman–Crippen LogP) is 16.0. The van der Waals surface area contributed by atoms with Crippen LogP contribution in [0.3, 0.4) is 0 Å². The lowest BCUT2D eigenvalue weighted by Crippen LogP contribution is -2.30. The topological polar surface area (TPSA) is 78.9 Å². The third-order valence-electron chi connectivity index (χ3n) is 9.86. The maximum Gasteiger partial charge on any atom is 0.306 e. The first-order chi connectivity index (χ1) is 30.0. The summed E-state index contributed by atoms with van der Waals surface area (Å²) in [5.41, 5.74) is 0. The first-order valence-corrected chi connectivity index (χ1v) is 24.5. The van der Waals surface area contributed by atoms with Crippen LogP contribution in [0.15, 0.2) is 109 Å². The Kier molecular flexibility index (Phi) is 45.6. The summed E-state index contributed by atoms with van der Waals surface area (Å²) in [6, 6.07) is 0. The van der Waals surface area contributed by atoms with Gasteiger partial charge in [-0.2, -0.15) is 0 Å². The van der Waals surface area contributed by atoms with E-state index in [0.717, 1.165) is 128 Å². The Morgan fingerprint density at radius 3 is 1.21 bits per heavy atom. The molecule has 0 spiro atoms. The van der Waals surface area contributed by atoms with Crippen LogP contribution in [-0.4, -0.2) is 37.2 Å². The summed E-state index contributed by atoms with van der Waals surface area (Å²) in [7, 11) is 0. The summed E-state index contributed by atoms with van der Waals surface area (Å²) in [4.78, 5) is 37.9. The largest absolute Gasteiger partial charge is 0.462 e. The first-order valence-electron chi connectivity index (χ1n) is 24.5. The van der Waals surface area contributed by atoms with Crippen molar-refractivity contribution in [3.63, 3.8) is 0 Å². The molecule has 0 amide bonds. The number of allylic oxidation sites excluding steroid dienone is 18. The van der Waals surface area contributed by atoms with Gasteiger partial charge in [0.05, 0.1) is 0 Å². The summed E-state index contributed by atoms with van der Waals surface area (Å²) in [5.74, 6) is -1.00. The van der Waals surface area contributed by atoms with E-state index in [1.807, 2.05) is 6.08 Å². The molecule has 0 N–H and O–H groups in total. The molecule has 0 saturated carbocycles. The van der Waals surface area contributed by atoms with Crippen molar-refractivity contribution in [2.75, 3.05) is 13.2 Å². The SMILES string of the molecule is CC\C=C/C=C\C=C/CCCCCCCC(=O)OC(COC(=O)CCCC/C=C\C/C=C\C/C=C\CC)COC(=O)CCCCCCC\C=C/C=C\C=C/CCCCCCC. The summed E-state index contributed by atoms with van der Waals surface area (Å²) in [6.45, 7) is 6.28. The highest BCUT2D eigenvalue weighted by atomic mass is 16.6. The Bertz CT molecular complexity index is 1290. The van der Waals surface area contributed by atoms with Gasteiger partial charge in [-0.1, -0.05) is 194 Å². The maximum absolute atomic E-state index is 12.7. The Morgan fingerprint density at radius 1 is 0.361 bits per heavy atom. The molecular weight excluding hydrogens is 757 g/mol. The molecule has 0 aliphatic heterocycles. The predicted molar refractivity (Wildman–Crippen MR) is 260 cm³/mol. The van der Waals surface area contributed by atoms with E-state index >= 15 is 0 Å². The highest BCUT2D eigenvalue weighted by Crippen LogP contribution is 2.12. The molecule has 0 aromatic rings. The first kappa shape index (κ1) is 57.1. The fraction of sp³-hybridized carbons (Fsp3) is 0.618. The lowest BCUT2D eigenvalue weighted by Gasteiger charge is -2.18. The molecule has 0 radical (unpaired) electrons. The highest BCUT2D eigenvalue weighted by molar-refractivity contribution is 5.71. The molecule has 0 aliphatic carbocycles. The second kappa shape index (κ2) is 48.7. The second-order valence-corrected chi connectivity index (χ2v) is 15.7. The average Bonchev–Trinajstić information content (AvgIpc) is 3.26. The number of ether oxygens (including phenoxy) is 3. The van der Waals surface area contributed by atoms with Gasteiger partial charge in [0.25, 0.3) is 0 Å². The molecule has 0 saturated heterocycles. The van der Waals surface area contributed by atoms with E-state index < -0.39 is 6.10 Å². The van der Waals surface area contributed by atoms with Crippen LogP contribution >= 0.6 is 0 Å². The minimum atomic E-state index is -0.814. The number of unbranched alkanes of at least 4 members (excludes halogenated alkanes) is 17. The summed E-state index contributed by atoms with van der Waals surface area (Å²) >= 11 is 0. The summed E-state index contributed by atoms with van der Waals surface area (Å²) in [6.07, 6.45) is 65.0. The summed E-state index contributed by atoms with van der Waals surface area (Å²) < 4.78 is 16.7. The van der Waals surface area contributed by atoms with Gasteiger partial charge in [-0.05, 0) is 96.3 Å². The zero-order valence-electron chi connectivity index (χ0n) is 39.1. The molecule has 1 unspecified atom stereocenters. The second-order valence-electron chi connectivity index (χ2n) is 15.7. The van der Waals surface area contributed by atoms with Crippen molar-refractivity contribution in [3.05, 3.63) is 109 Å². The third kappa shape index (κ3) is 47.0. The highest BCUT2D eigenvalue weighted by Gasteiger charge is 2.19. The fourth-order valence-corrected chi connectivity index (χ4v) is 6.22. The van der Waals surface area contributed by atoms with Crippen LogP contribution in [0.2, 0.25) is 0 Å². The molecule has 0 bridgehead atoms. The monoisotopic (exact) mass is 845 g/mol. The molecular formula is C55H88O6. The van der Waals surface area contributed by atoms with Crippen LogP contribution in [0.4, 0.5) is 0 Å². The van der Waals surface area contributed by atoms with Crippen molar-refractivity contribution >= 4 is 17.9 Å². The number of hydrogen-bond donors (Lipinski definition) is 0. The van der Waals surface area contributed by atoms with Gasteiger partial charge in [-0.15, -0.1) is 0 Å². The van der Waals surface area contributed by atoms with Crippen molar-refractivity contribution in [2.24, 2.45) is 0 Å². The zero-order chi connectivity index (χ0) is 44.4. The molecule has 0 heterocycles. The molecule has 0 aliphatic rings. The van der Waals surface area contributed by atoms with Gasteiger partial charge in [0, 0.05) is 19.3 Å². The van der Waals surface area contributed by atoms with Gasteiger partial charge in [0.1, 0.15) is 13.2 Å². The van der Waals surface area contributed by atoms with Gasteiger partial charge < -0.3 is 14.2 Å². The van der Waals surface area contributed by atoms with E-state index in [1.165, 1.54) is 32.1 Å². The van der Waals surface area contributed by atoms with Crippen molar-refractivity contribution in [1.29, 1.82) is 0 Å². The molecule has 0 fully saturated rings. The molecule has 6 heteroatoms. The van der Waals surface area contributed by atoms with Crippen molar-refractivity contribution in [3.8, 4) is 0 Å². The number of rotatable bonds is 42. The Morgan fingerprint density at radius 2 is 0.721 bits per heavy atom. The van der Waals surface area contributed by atoms with Gasteiger partial charge >= 0.3 is 17.9 Å². The quantitative estimate of drug-likeness (QED) is 0.0200. The van der Waals surface area contributed by atoms with E-state index in [0.29, 0.717) is 12.8 Å². The van der Waals surface area contributed by atoms with Gasteiger partial charge in [0.15, 0.2) is 6.10 Å². The molecule has 61 heavy (non-hydrogen) atoms. The normalized spacial score (nSPS) is 13.0. The van der Waals surface area contributed by atoms with Crippen molar-refractivity contribution in [1.82, 2.24) is 0 Å². The molecule has 0 aromatic carbocycles.